The van der Waals surface area contributed by atoms with Gasteiger partial charge >= 0.3 is 6.09 Å². The molecule has 1 aliphatic rings. The van der Waals surface area contributed by atoms with Crippen molar-refractivity contribution in [3.63, 3.8) is 0 Å². The first-order chi connectivity index (χ1) is 12.2. The molecule has 0 spiro atoms. The highest BCUT2D eigenvalue weighted by atomic mass is 16.6. The summed E-state index contributed by atoms with van der Waals surface area (Å²) in [6.45, 7) is 5.44. The van der Waals surface area contributed by atoms with Crippen molar-refractivity contribution in [2.75, 3.05) is 32.8 Å². The van der Waals surface area contributed by atoms with Crippen LogP contribution in [-0.4, -0.2) is 58.8 Å². The lowest BCUT2D eigenvalue weighted by Crippen LogP contribution is -2.48. The number of nitriles is 1. The second-order valence-electron chi connectivity index (χ2n) is 5.67. The Kier molecular flexibility index (Phi) is 5.26. The van der Waals surface area contributed by atoms with Gasteiger partial charge in [0, 0.05) is 31.7 Å². The van der Waals surface area contributed by atoms with Crippen LogP contribution in [0.25, 0.3) is 11.5 Å². The molecule has 0 radical (unpaired) electrons. The molecule has 130 valence electrons. The lowest BCUT2D eigenvalue weighted by Gasteiger charge is -2.33. The molecule has 1 aromatic heterocycles. The fraction of sp³-hybridized carbons (Fsp3) is 0.412. The molecule has 8 nitrogen and oxygen atoms in total. The van der Waals surface area contributed by atoms with E-state index < -0.39 is 0 Å². The molecule has 0 bridgehead atoms. The Bertz CT molecular complexity index is 775. The largest absolute Gasteiger partial charge is 0.450 e. The number of amides is 1. The van der Waals surface area contributed by atoms with Gasteiger partial charge in [0.25, 0.3) is 5.89 Å². The summed E-state index contributed by atoms with van der Waals surface area (Å²) >= 11 is 0. The van der Waals surface area contributed by atoms with Crippen molar-refractivity contribution in [1.29, 1.82) is 5.26 Å². The topological polar surface area (TPSA) is 95.5 Å². The Hall–Kier alpha value is -2.92. The SMILES string of the molecule is CCOC(=O)N1CCN(Cc2noc(-c3cccc(C#N)c3)n2)CC1. The zero-order valence-electron chi connectivity index (χ0n) is 14.0. The first-order valence-electron chi connectivity index (χ1n) is 8.16. The summed E-state index contributed by atoms with van der Waals surface area (Å²) in [5.41, 5.74) is 1.28. The fourth-order valence-electron chi connectivity index (χ4n) is 2.66. The van der Waals surface area contributed by atoms with Crippen LogP contribution in [0.3, 0.4) is 0 Å². The molecule has 8 heteroatoms. The van der Waals surface area contributed by atoms with Crippen molar-refractivity contribution in [3.05, 3.63) is 35.7 Å². The van der Waals surface area contributed by atoms with E-state index in [4.69, 9.17) is 14.5 Å². The van der Waals surface area contributed by atoms with E-state index in [1.807, 2.05) is 6.07 Å². The summed E-state index contributed by atoms with van der Waals surface area (Å²) in [4.78, 5) is 20.0. The molecular formula is C17H19N5O3. The fourth-order valence-corrected chi connectivity index (χ4v) is 2.66. The quantitative estimate of drug-likeness (QED) is 0.838. The normalized spacial score (nSPS) is 15.0. The van der Waals surface area contributed by atoms with Crippen LogP contribution in [-0.2, 0) is 11.3 Å². The van der Waals surface area contributed by atoms with Gasteiger partial charge < -0.3 is 14.2 Å². The molecule has 2 heterocycles. The number of carbonyl (C=O) groups excluding carboxylic acids is 1. The van der Waals surface area contributed by atoms with Crippen LogP contribution in [0, 0.1) is 11.3 Å². The third-order valence-corrected chi connectivity index (χ3v) is 3.97. The highest BCUT2D eigenvalue weighted by Crippen LogP contribution is 2.19. The Balaban J connectivity index is 1.57. The molecule has 3 rings (SSSR count). The maximum absolute atomic E-state index is 11.7. The minimum Gasteiger partial charge on any atom is -0.450 e. The van der Waals surface area contributed by atoms with E-state index in [0.717, 1.165) is 18.7 Å². The molecule has 0 atom stereocenters. The smallest absolute Gasteiger partial charge is 0.409 e. The van der Waals surface area contributed by atoms with Crippen molar-refractivity contribution in [2.45, 2.75) is 13.5 Å². The minimum atomic E-state index is -0.263. The summed E-state index contributed by atoms with van der Waals surface area (Å²) in [7, 11) is 0. The monoisotopic (exact) mass is 341 g/mol. The summed E-state index contributed by atoms with van der Waals surface area (Å²) in [6, 6.07) is 9.15. The number of benzene rings is 1. The Morgan fingerprint density at radius 3 is 2.88 bits per heavy atom. The standard InChI is InChI=1S/C17H19N5O3/c1-2-24-17(23)22-8-6-21(7-9-22)12-15-19-16(25-20-15)14-5-3-4-13(10-14)11-18/h3-5,10H,2,6-9,12H2,1H3. The van der Waals surface area contributed by atoms with Gasteiger partial charge in [0.1, 0.15) is 0 Å². The van der Waals surface area contributed by atoms with Crippen molar-refractivity contribution >= 4 is 6.09 Å². The number of nitrogens with zero attached hydrogens (tertiary/aromatic N) is 5. The van der Waals surface area contributed by atoms with Crippen molar-refractivity contribution < 1.29 is 14.1 Å². The van der Waals surface area contributed by atoms with E-state index in [9.17, 15) is 4.79 Å². The predicted octanol–water partition coefficient (Wildman–Crippen LogP) is 1.88. The van der Waals surface area contributed by atoms with Crippen molar-refractivity contribution in [3.8, 4) is 17.5 Å². The Morgan fingerprint density at radius 2 is 2.16 bits per heavy atom. The van der Waals surface area contributed by atoms with E-state index in [-0.39, 0.29) is 6.09 Å². The third-order valence-electron chi connectivity index (χ3n) is 3.97. The van der Waals surface area contributed by atoms with Gasteiger partial charge in [0.2, 0.25) is 0 Å². The number of piperazine rings is 1. The number of hydrogen-bond acceptors (Lipinski definition) is 7. The molecule has 0 aliphatic carbocycles. The number of carbonyl (C=O) groups is 1. The van der Waals surface area contributed by atoms with Gasteiger partial charge in [-0.3, -0.25) is 4.90 Å². The number of hydrogen-bond donors (Lipinski definition) is 0. The average Bonchev–Trinajstić information content (AvgIpc) is 3.11. The maximum atomic E-state index is 11.7. The van der Waals surface area contributed by atoms with Crippen LogP contribution in [0.4, 0.5) is 4.79 Å². The molecule has 1 aromatic carbocycles. The van der Waals surface area contributed by atoms with Gasteiger partial charge in [-0.05, 0) is 25.1 Å². The summed E-state index contributed by atoms with van der Waals surface area (Å²) in [5, 5.41) is 13.0. The number of aromatic nitrogens is 2. The van der Waals surface area contributed by atoms with Crippen LogP contribution >= 0.6 is 0 Å². The van der Waals surface area contributed by atoms with E-state index >= 15 is 0 Å². The van der Waals surface area contributed by atoms with Crippen LogP contribution in [0.2, 0.25) is 0 Å². The zero-order chi connectivity index (χ0) is 17.6. The molecule has 2 aromatic rings. The molecule has 25 heavy (non-hydrogen) atoms. The van der Waals surface area contributed by atoms with Crippen LogP contribution in [0.5, 0.6) is 0 Å². The van der Waals surface area contributed by atoms with Crippen molar-refractivity contribution in [1.82, 2.24) is 19.9 Å². The van der Waals surface area contributed by atoms with Gasteiger partial charge in [-0.2, -0.15) is 10.2 Å². The summed E-state index contributed by atoms with van der Waals surface area (Å²) < 4.78 is 10.3. The molecule has 1 saturated heterocycles. The van der Waals surface area contributed by atoms with Crippen LogP contribution in [0.1, 0.15) is 18.3 Å². The zero-order valence-corrected chi connectivity index (χ0v) is 14.0. The molecule has 1 fully saturated rings. The first kappa shape index (κ1) is 16.9. The molecule has 0 N–H and O–H groups in total. The second-order valence-corrected chi connectivity index (χ2v) is 5.67. The van der Waals surface area contributed by atoms with Gasteiger partial charge in [0.05, 0.1) is 24.8 Å². The highest BCUT2D eigenvalue weighted by molar-refractivity contribution is 5.67. The van der Waals surface area contributed by atoms with Gasteiger partial charge in [-0.15, -0.1) is 0 Å². The Labute approximate surface area is 145 Å². The minimum absolute atomic E-state index is 0.263. The predicted molar refractivity (Wildman–Crippen MR) is 88.3 cm³/mol. The summed E-state index contributed by atoms with van der Waals surface area (Å²) in [5.74, 6) is 0.985. The third kappa shape index (κ3) is 4.14. The second kappa shape index (κ2) is 7.77. The van der Waals surface area contributed by atoms with Gasteiger partial charge in [-0.25, -0.2) is 4.79 Å². The molecule has 1 aliphatic heterocycles. The lowest BCUT2D eigenvalue weighted by molar-refractivity contribution is 0.0769. The maximum Gasteiger partial charge on any atom is 0.409 e. The van der Waals surface area contributed by atoms with Crippen LogP contribution < -0.4 is 0 Å². The first-order valence-corrected chi connectivity index (χ1v) is 8.16. The number of ether oxygens (including phenoxy) is 1. The average molecular weight is 341 g/mol. The molecule has 1 amide bonds. The lowest BCUT2D eigenvalue weighted by atomic mass is 10.1. The van der Waals surface area contributed by atoms with Crippen LogP contribution in [0.15, 0.2) is 28.8 Å². The van der Waals surface area contributed by atoms with E-state index in [2.05, 4.69) is 21.1 Å². The van der Waals surface area contributed by atoms with E-state index in [1.165, 1.54) is 0 Å². The van der Waals surface area contributed by atoms with Gasteiger partial charge in [-0.1, -0.05) is 11.2 Å². The molecule has 0 unspecified atom stereocenters. The highest BCUT2D eigenvalue weighted by Gasteiger charge is 2.23. The molecule has 0 saturated carbocycles. The van der Waals surface area contributed by atoms with E-state index in [1.54, 1.807) is 30.0 Å². The van der Waals surface area contributed by atoms with E-state index in [0.29, 0.717) is 43.5 Å². The number of rotatable bonds is 4. The van der Waals surface area contributed by atoms with Gasteiger partial charge in [0.15, 0.2) is 5.82 Å². The summed E-state index contributed by atoms with van der Waals surface area (Å²) in [6.07, 6.45) is -0.263. The Morgan fingerprint density at radius 1 is 1.36 bits per heavy atom. The van der Waals surface area contributed by atoms with Crippen molar-refractivity contribution in [2.24, 2.45) is 0 Å². The molecular weight excluding hydrogens is 322 g/mol.